The van der Waals surface area contributed by atoms with E-state index < -0.39 is 0 Å². The molecule has 2 saturated carbocycles. The summed E-state index contributed by atoms with van der Waals surface area (Å²) in [5, 5.41) is 12.5. The van der Waals surface area contributed by atoms with E-state index in [2.05, 4.69) is 5.32 Å². The van der Waals surface area contributed by atoms with Gasteiger partial charge in [0, 0.05) is 12.6 Å². The van der Waals surface area contributed by atoms with Crippen LogP contribution in [0.2, 0.25) is 0 Å². The van der Waals surface area contributed by atoms with E-state index in [0.717, 1.165) is 25.0 Å². The summed E-state index contributed by atoms with van der Waals surface area (Å²) in [6.07, 6.45) is 14.3. The van der Waals surface area contributed by atoms with Gasteiger partial charge in [-0.3, -0.25) is 0 Å². The van der Waals surface area contributed by atoms with E-state index in [9.17, 15) is 0 Å². The summed E-state index contributed by atoms with van der Waals surface area (Å²) >= 11 is 0. The molecule has 2 aliphatic carbocycles. The van der Waals surface area contributed by atoms with Crippen molar-refractivity contribution in [3.05, 3.63) is 0 Å². The zero-order chi connectivity index (χ0) is 14.0. The lowest BCUT2D eigenvalue weighted by Crippen LogP contribution is -2.45. The molecule has 2 aliphatic rings. The molecule has 2 N–H and O–H groups in total. The van der Waals surface area contributed by atoms with Gasteiger partial charge in [-0.1, -0.05) is 38.5 Å². The van der Waals surface area contributed by atoms with Crippen molar-refractivity contribution < 1.29 is 9.84 Å². The summed E-state index contributed by atoms with van der Waals surface area (Å²) in [6, 6.07) is 0.716. The Morgan fingerprint density at radius 1 is 0.850 bits per heavy atom. The molecule has 0 saturated heterocycles. The van der Waals surface area contributed by atoms with Crippen LogP contribution in [0, 0.1) is 11.8 Å². The summed E-state index contributed by atoms with van der Waals surface area (Å²) in [7, 11) is 0. The third-order valence-corrected chi connectivity index (χ3v) is 5.18. The van der Waals surface area contributed by atoms with E-state index in [1.165, 1.54) is 64.2 Å². The van der Waals surface area contributed by atoms with E-state index in [0.29, 0.717) is 12.6 Å². The molecule has 0 amide bonds. The summed E-state index contributed by atoms with van der Waals surface area (Å²) in [6.45, 7) is 2.28. The largest absolute Gasteiger partial charge is 0.394 e. The van der Waals surface area contributed by atoms with Gasteiger partial charge in [-0.2, -0.15) is 0 Å². The van der Waals surface area contributed by atoms with Gasteiger partial charge in [-0.05, 0) is 37.5 Å². The predicted molar refractivity (Wildman–Crippen MR) is 82.8 cm³/mol. The fourth-order valence-corrected chi connectivity index (χ4v) is 4.17. The molecular formula is C17H33NO2. The average molecular weight is 283 g/mol. The maximum atomic E-state index is 8.74. The zero-order valence-electron chi connectivity index (χ0n) is 13.0. The first kappa shape index (κ1) is 16.3. The third kappa shape index (κ3) is 5.34. The number of hydrogen-bond acceptors (Lipinski definition) is 3. The van der Waals surface area contributed by atoms with Crippen LogP contribution in [0.1, 0.15) is 64.2 Å². The maximum Gasteiger partial charge on any atom is 0.0698 e. The number of aliphatic hydroxyl groups excluding tert-OH is 1. The highest BCUT2D eigenvalue weighted by Crippen LogP contribution is 2.35. The van der Waals surface area contributed by atoms with Crippen LogP contribution in [0.4, 0.5) is 0 Å². The smallest absolute Gasteiger partial charge is 0.0698 e. The average Bonchev–Trinajstić information content (AvgIpc) is 2.53. The third-order valence-electron chi connectivity index (χ3n) is 5.18. The molecule has 0 aromatic rings. The molecule has 3 heteroatoms. The van der Waals surface area contributed by atoms with Crippen LogP contribution in [0.25, 0.3) is 0 Å². The second-order valence-corrected chi connectivity index (χ2v) is 6.61. The molecule has 0 aromatic carbocycles. The lowest BCUT2D eigenvalue weighted by Gasteiger charge is -2.38. The first-order chi connectivity index (χ1) is 9.92. The Hall–Kier alpha value is -0.120. The molecule has 0 atom stereocenters. The highest BCUT2D eigenvalue weighted by atomic mass is 16.5. The maximum absolute atomic E-state index is 8.74. The minimum Gasteiger partial charge on any atom is -0.394 e. The Kier molecular flexibility index (Phi) is 7.92. The van der Waals surface area contributed by atoms with E-state index in [1.807, 2.05) is 0 Å². The molecule has 0 radical (unpaired) electrons. The summed E-state index contributed by atoms with van der Waals surface area (Å²) in [4.78, 5) is 0. The number of aliphatic hydroxyl groups is 1. The minimum absolute atomic E-state index is 0.134. The van der Waals surface area contributed by atoms with Crippen molar-refractivity contribution in [1.82, 2.24) is 5.32 Å². The van der Waals surface area contributed by atoms with E-state index in [1.54, 1.807) is 0 Å². The fraction of sp³-hybridized carbons (Fsp3) is 1.00. The molecule has 0 aliphatic heterocycles. The molecule has 2 rings (SSSR count). The van der Waals surface area contributed by atoms with Crippen molar-refractivity contribution >= 4 is 0 Å². The van der Waals surface area contributed by atoms with Crippen LogP contribution in [0.5, 0.6) is 0 Å². The Morgan fingerprint density at radius 2 is 1.40 bits per heavy atom. The van der Waals surface area contributed by atoms with E-state index in [-0.39, 0.29) is 6.61 Å². The summed E-state index contributed by atoms with van der Waals surface area (Å²) < 4.78 is 5.40. The van der Waals surface area contributed by atoms with Crippen LogP contribution in [0.3, 0.4) is 0 Å². The van der Waals surface area contributed by atoms with Gasteiger partial charge in [0.2, 0.25) is 0 Å². The van der Waals surface area contributed by atoms with Crippen LogP contribution >= 0.6 is 0 Å². The highest BCUT2D eigenvalue weighted by molar-refractivity contribution is 4.86. The van der Waals surface area contributed by atoms with Gasteiger partial charge in [-0.25, -0.2) is 0 Å². The second-order valence-electron chi connectivity index (χ2n) is 6.61. The molecule has 20 heavy (non-hydrogen) atoms. The number of nitrogens with one attached hydrogen (secondary N) is 1. The standard InChI is InChI=1S/C17H33NO2/c19-12-14-20-13-11-18-17(15-7-3-1-4-8-15)16-9-5-2-6-10-16/h15-19H,1-14H2. The Morgan fingerprint density at radius 3 is 1.90 bits per heavy atom. The van der Waals surface area contributed by atoms with Crippen LogP contribution in [-0.4, -0.2) is 37.5 Å². The molecule has 118 valence electrons. The van der Waals surface area contributed by atoms with Gasteiger partial charge in [0.15, 0.2) is 0 Å². The molecule has 3 nitrogen and oxygen atoms in total. The van der Waals surface area contributed by atoms with Gasteiger partial charge in [-0.15, -0.1) is 0 Å². The normalized spacial score (nSPS) is 22.5. The monoisotopic (exact) mass is 283 g/mol. The van der Waals surface area contributed by atoms with Crippen molar-refractivity contribution in [2.24, 2.45) is 11.8 Å². The number of hydrogen-bond donors (Lipinski definition) is 2. The van der Waals surface area contributed by atoms with Gasteiger partial charge in [0.1, 0.15) is 0 Å². The summed E-state index contributed by atoms with van der Waals surface area (Å²) in [5.74, 6) is 1.79. The first-order valence-electron chi connectivity index (χ1n) is 8.84. The Bertz CT molecular complexity index is 217. The zero-order valence-corrected chi connectivity index (χ0v) is 13.0. The Balaban J connectivity index is 1.78. The van der Waals surface area contributed by atoms with Crippen molar-refractivity contribution in [1.29, 1.82) is 0 Å². The van der Waals surface area contributed by atoms with E-state index in [4.69, 9.17) is 9.84 Å². The molecule has 0 spiro atoms. The lowest BCUT2D eigenvalue weighted by molar-refractivity contribution is 0.0856. The van der Waals surface area contributed by atoms with Crippen molar-refractivity contribution in [2.75, 3.05) is 26.4 Å². The Labute approximate surface area is 124 Å². The molecule has 2 fully saturated rings. The molecule has 0 bridgehead atoms. The van der Waals surface area contributed by atoms with Crippen molar-refractivity contribution in [3.8, 4) is 0 Å². The number of ether oxygens (including phenoxy) is 1. The van der Waals surface area contributed by atoms with Crippen LogP contribution < -0.4 is 5.32 Å². The second kappa shape index (κ2) is 9.75. The number of rotatable bonds is 8. The van der Waals surface area contributed by atoms with Gasteiger partial charge in [0.25, 0.3) is 0 Å². The quantitative estimate of drug-likeness (QED) is 0.673. The highest BCUT2D eigenvalue weighted by Gasteiger charge is 2.30. The van der Waals surface area contributed by atoms with E-state index >= 15 is 0 Å². The minimum atomic E-state index is 0.134. The molecule has 0 aromatic heterocycles. The lowest BCUT2D eigenvalue weighted by atomic mass is 9.74. The summed E-state index contributed by atoms with van der Waals surface area (Å²) in [5.41, 5.74) is 0. The van der Waals surface area contributed by atoms with Crippen LogP contribution in [-0.2, 0) is 4.74 Å². The fourth-order valence-electron chi connectivity index (χ4n) is 4.17. The van der Waals surface area contributed by atoms with Crippen molar-refractivity contribution in [2.45, 2.75) is 70.3 Å². The molecule has 0 heterocycles. The van der Waals surface area contributed by atoms with Crippen molar-refractivity contribution in [3.63, 3.8) is 0 Å². The van der Waals surface area contributed by atoms with Gasteiger partial charge < -0.3 is 15.2 Å². The topological polar surface area (TPSA) is 41.5 Å². The SMILES string of the molecule is OCCOCCNC(C1CCCCC1)C1CCCCC1. The van der Waals surface area contributed by atoms with Crippen LogP contribution in [0.15, 0.2) is 0 Å². The van der Waals surface area contributed by atoms with Gasteiger partial charge >= 0.3 is 0 Å². The predicted octanol–water partition coefficient (Wildman–Crippen LogP) is 3.11. The first-order valence-corrected chi connectivity index (χ1v) is 8.84. The molecule has 0 unspecified atom stereocenters. The molecular weight excluding hydrogens is 250 g/mol. The van der Waals surface area contributed by atoms with Gasteiger partial charge in [0.05, 0.1) is 19.8 Å².